The third-order valence-electron chi connectivity index (χ3n) is 4.80. The molecule has 4 rings (SSSR count). The number of anilines is 1. The molecule has 8 heteroatoms. The van der Waals surface area contributed by atoms with Gasteiger partial charge in [-0.15, -0.1) is 0 Å². The largest absolute Gasteiger partial charge is 0.437 e. The molecule has 2 aromatic carbocycles. The van der Waals surface area contributed by atoms with Crippen LogP contribution in [0.15, 0.2) is 46.9 Å². The van der Waals surface area contributed by atoms with E-state index >= 15 is 0 Å². The van der Waals surface area contributed by atoms with Gasteiger partial charge in [-0.1, -0.05) is 11.6 Å². The number of carbonyl (C=O) groups excluding carboxylic acids is 1. The van der Waals surface area contributed by atoms with Crippen LogP contribution in [-0.2, 0) is 19.4 Å². The number of benzene rings is 2. The molecular formula is C21H18ClF2N3O2. The first-order chi connectivity index (χ1) is 14.0. The van der Waals surface area contributed by atoms with Crippen molar-refractivity contribution in [2.24, 2.45) is 0 Å². The van der Waals surface area contributed by atoms with Crippen molar-refractivity contribution >= 4 is 23.2 Å². The van der Waals surface area contributed by atoms with E-state index in [1.54, 1.807) is 24.3 Å². The normalized spacial score (nSPS) is 14.3. The number of halogens is 3. The molecule has 0 fully saturated rings. The third-order valence-corrected chi connectivity index (χ3v) is 5.05. The molecule has 0 atom stereocenters. The van der Waals surface area contributed by atoms with Gasteiger partial charge in [0.1, 0.15) is 17.4 Å². The molecular weight excluding hydrogens is 400 g/mol. The molecule has 1 aliphatic heterocycles. The number of nitrogens with zero attached hydrogens (tertiary/aromatic N) is 2. The van der Waals surface area contributed by atoms with E-state index in [9.17, 15) is 13.6 Å². The molecule has 0 saturated carbocycles. The predicted molar refractivity (Wildman–Crippen MR) is 105 cm³/mol. The van der Waals surface area contributed by atoms with Gasteiger partial charge in [0.05, 0.1) is 5.69 Å². The van der Waals surface area contributed by atoms with Crippen LogP contribution in [0.5, 0.6) is 0 Å². The van der Waals surface area contributed by atoms with Crippen LogP contribution in [-0.4, -0.2) is 28.9 Å². The van der Waals surface area contributed by atoms with E-state index in [4.69, 9.17) is 16.0 Å². The highest BCUT2D eigenvalue weighted by Crippen LogP contribution is 2.21. The summed E-state index contributed by atoms with van der Waals surface area (Å²) in [5.41, 5.74) is 1.63. The van der Waals surface area contributed by atoms with Crippen molar-refractivity contribution in [3.63, 3.8) is 0 Å². The highest BCUT2D eigenvalue weighted by atomic mass is 35.5. The SMILES string of the molecule is O=C(Nc1ccc(Cl)cc1)c1nc2c(o1)CCN(Cc1cc(F)ccc1F)CC2. The maximum absolute atomic E-state index is 13.9. The van der Waals surface area contributed by atoms with Crippen molar-refractivity contribution in [2.45, 2.75) is 19.4 Å². The van der Waals surface area contributed by atoms with Crippen molar-refractivity contribution < 1.29 is 18.0 Å². The van der Waals surface area contributed by atoms with Gasteiger partial charge in [-0.2, -0.15) is 0 Å². The lowest BCUT2D eigenvalue weighted by molar-refractivity contribution is 0.0988. The molecule has 3 aromatic rings. The number of rotatable bonds is 4. The Hall–Kier alpha value is -2.77. The topological polar surface area (TPSA) is 58.4 Å². The number of fused-ring (bicyclic) bond motifs is 1. The van der Waals surface area contributed by atoms with Gasteiger partial charge in [-0.3, -0.25) is 9.69 Å². The second kappa shape index (κ2) is 8.31. The minimum Gasteiger partial charge on any atom is -0.437 e. The van der Waals surface area contributed by atoms with E-state index in [0.717, 1.165) is 12.1 Å². The average molecular weight is 418 g/mol. The van der Waals surface area contributed by atoms with Crippen LogP contribution in [0.3, 0.4) is 0 Å². The second-order valence-electron chi connectivity index (χ2n) is 6.86. The Labute approximate surface area is 171 Å². The van der Waals surface area contributed by atoms with Crippen molar-refractivity contribution in [1.82, 2.24) is 9.88 Å². The van der Waals surface area contributed by atoms with Gasteiger partial charge in [0.2, 0.25) is 0 Å². The lowest BCUT2D eigenvalue weighted by atomic mass is 10.2. The summed E-state index contributed by atoms with van der Waals surface area (Å²) in [6.45, 7) is 1.50. The Morgan fingerprint density at radius 2 is 1.90 bits per heavy atom. The van der Waals surface area contributed by atoms with E-state index in [0.29, 0.717) is 60.2 Å². The number of oxazole rings is 1. The lowest BCUT2D eigenvalue weighted by Gasteiger charge is -2.19. The zero-order valence-electron chi connectivity index (χ0n) is 15.4. The standard InChI is InChI=1S/C21H18ClF2N3O2/c22-14-1-4-16(5-2-14)25-20(28)21-26-18-7-9-27(10-8-19(18)29-21)12-13-11-15(23)3-6-17(13)24/h1-6,11H,7-10,12H2,(H,25,28). The van der Waals surface area contributed by atoms with E-state index in [1.807, 2.05) is 4.90 Å². The smallest absolute Gasteiger partial charge is 0.311 e. The van der Waals surface area contributed by atoms with Crippen LogP contribution in [0.2, 0.25) is 5.02 Å². The van der Waals surface area contributed by atoms with E-state index < -0.39 is 17.5 Å². The zero-order valence-corrected chi connectivity index (χ0v) is 16.2. The summed E-state index contributed by atoms with van der Waals surface area (Å²) < 4.78 is 33.0. The Balaban J connectivity index is 1.40. The summed E-state index contributed by atoms with van der Waals surface area (Å²) >= 11 is 5.84. The maximum atomic E-state index is 13.9. The molecule has 0 aliphatic carbocycles. The molecule has 0 spiro atoms. The molecule has 0 saturated heterocycles. The first-order valence-corrected chi connectivity index (χ1v) is 9.57. The summed E-state index contributed by atoms with van der Waals surface area (Å²) in [5.74, 6) is -0.658. The van der Waals surface area contributed by atoms with Crippen molar-refractivity contribution in [3.8, 4) is 0 Å². The van der Waals surface area contributed by atoms with E-state index in [2.05, 4.69) is 10.3 Å². The van der Waals surface area contributed by atoms with Gasteiger partial charge >= 0.3 is 5.91 Å². The summed E-state index contributed by atoms with van der Waals surface area (Å²) in [5, 5.41) is 3.30. The van der Waals surface area contributed by atoms with Crippen molar-refractivity contribution in [3.05, 3.63) is 82.0 Å². The first kappa shape index (κ1) is 19.5. The van der Waals surface area contributed by atoms with Gasteiger partial charge in [0, 0.05) is 48.7 Å². The van der Waals surface area contributed by atoms with Crippen LogP contribution in [0, 0.1) is 11.6 Å². The zero-order chi connectivity index (χ0) is 20.4. The molecule has 150 valence electrons. The Bertz CT molecular complexity index is 1010. The summed E-state index contributed by atoms with van der Waals surface area (Å²) in [6.07, 6.45) is 1.09. The number of carbonyl (C=O) groups is 1. The number of amides is 1. The molecule has 1 aliphatic rings. The van der Waals surface area contributed by atoms with Gasteiger partial charge < -0.3 is 9.73 Å². The molecule has 0 radical (unpaired) electrons. The first-order valence-electron chi connectivity index (χ1n) is 9.20. The van der Waals surface area contributed by atoms with Gasteiger partial charge in [-0.25, -0.2) is 13.8 Å². The lowest BCUT2D eigenvalue weighted by Crippen LogP contribution is -2.26. The van der Waals surface area contributed by atoms with Crippen LogP contribution in [0.4, 0.5) is 14.5 Å². The molecule has 1 N–H and O–H groups in total. The summed E-state index contributed by atoms with van der Waals surface area (Å²) in [7, 11) is 0. The summed E-state index contributed by atoms with van der Waals surface area (Å²) in [4.78, 5) is 18.7. The fourth-order valence-corrected chi connectivity index (χ4v) is 3.41. The maximum Gasteiger partial charge on any atom is 0.311 e. The number of nitrogens with one attached hydrogen (secondary N) is 1. The second-order valence-corrected chi connectivity index (χ2v) is 7.30. The third kappa shape index (κ3) is 4.63. The molecule has 2 heterocycles. The highest BCUT2D eigenvalue weighted by Gasteiger charge is 2.23. The Morgan fingerprint density at radius 1 is 1.14 bits per heavy atom. The van der Waals surface area contributed by atoms with E-state index in [1.165, 1.54) is 6.07 Å². The van der Waals surface area contributed by atoms with Crippen molar-refractivity contribution in [2.75, 3.05) is 18.4 Å². The van der Waals surface area contributed by atoms with Gasteiger partial charge in [-0.05, 0) is 42.5 Å². The highest BCUT2D eigenvalue weighted by molar-refractivity contribution is 6.30. The molecule has 5 nitrogen and oxygen atoms in total. The van der Waals surface area contributed by atoms with Crippen LogP contribution in [0.25, 0.3) is 0 Å². The van der Waals surface area contributed by atoms with Gasteiger partial charge in [0.25, 0.3) is 5.89 Å². The van der Waals surface area contributed by atoms with Crippen LogP contribution >= 0.6 is 11.6 Å². The minimum absolute atomic E-state index is 0.00887. The number of aromatic nitrogens is 1. The molecule has 1 aromatic heterocycles. The summed E-state index contributed by atoms with van der Waals surface area (Å²) in [6, 6.07) is 10.2. The monoisotopic (exact) mass is 417 g/mol. The predicted octanol–water partition coefficient (Wildman–Crippen LogP) is 4.46. The number of hydrogen-bond donors (Lipinski definition) is 1. The van der Waals surface area contributed by atoms with Crippen molar-refractivity contribution in [1.29, 1.82) is 0 Å². The Kier molecular flexibility index (Phi) is 5.60. The van der Waals surface area contributed by atoms with Gasteiger partial charge in [0.15, 0.2) is 0 Å². The Morgan fingerprint density at radius 3 is 2.69 bits per heavy atom. The molecule has 1 amide bonds. The van der Waals surface area contributed by atoms with Crippen LogP contribution in [0.1, 0.15) is 27.7 Å². The van der Waals surface area contributed by atoms with E-state index in [-0.39, 0.29) is 5.89 Å². The minimum atomic E-state index is -0.457. The average Bonchev–Trinajstić information content (AvgIpc) is 3.03. The fourth-order valence-electron chi connectivity index (χ4n) is 3.29. The van der Waals surface area contributed by atoms with Crippen LogP contribution < -0.4 is 5.32 Å². The number of hydrogen-bond acceptors (Lipinski definition) is 4. The molecule has 0 bridgehead atoms. The quantitative estimate of drug-likeness (QED) is 0.681. The molecule has 29 heavy (non-hydrogen) atoms. The fraction of sp³-hybridized carbons (Fsp3) is 0.238. The molecule has 0 unspecified atom stereocenters.